The summed E-state index contributed by atoms with van der Waals surface area (Å²) in [6.07, 6.45) is -6.32. The highest BCUT2D eigenvalue weighted by molar-refractivity contribution is 5.86. The molecule has 1 aliphatic rings. The lowest BCUT2D eigenvalue weighted by atomic mass is 10.00. The smallest absolute Gasteiger partial charge is 0.229 e. The van der Waals surface area contributed by atoms with Crippen LogP contribution in [0.15, 0.2) is 45.6 Å². The number of phenols is 1. The number of hydrogen-bond donors (Lipinski definition) is 4. The molecule has 10 heteroatoms. The molecule has 1 saturated heterocycles. The predicted octanol–water partition coefficient (Wildman–Crippen LogP) is 1.39. The number of aliphatic hydroxyl groups is 3. The zero-order valence-corrected chi connectivity index (χ0v) is 18.1. The maximum absolute atomic E-state index is 12.8. The molecule has 0 bridgehead atoms. The van der Waals surface area contributed by atoms with Crippen LogP contribution < -0.4 is 19.6 Å². The molecule has 4 N–H and O–H groups in total. The van der Waals surface area contributed by atoms with Crippen LogP contribution in [0, 0.1) is 0 Å². The van der Waals surface area contributed by atoms with Crippen LogP contribution in [0.3, 0.4) is 0 Å². The number of rotatable bonds is 5. The first-order valence-electron chi connectivity index (χ1n) is 10.1. The largest absolute Gasteiger partial charge is 0.504 e. The summed E-state index contributed by atoms with van der Waals surface area (Å²) >= 11 is 0. The minimum atomic E-state index is -1.52. The molecule has 0 amide bonds. The summed E-state index contributed by atoms with van der Waals surface area (Å²) in [7, 11) is 2.80. The van der Waals surface area contributed by atoms with Crippen molar-refractivity contribution >= 4 is 11.0 Å². The molecule has 1 fully saturated rings. The number of aromatic hydroxyl groups is 1. The normalized spacial score (nSPS) is 25.1. The van der Waals surface area contributed by atoms with Gasteiger partial charge in [-0.25, -0.2) is 0 Å². The van der Waals surface area contributed by atoms with Crippen LogP contribution in [0.1, 0.15) is 6.92 Å². The molecule has 2 aromatic carbocycles. The van der Waals surface area contributed by atoms with Crippen molar-refractivity contribution in [3.8, 4) is 34.3 Å². The van der Waals surface area contributed by atoms with Crippen molar-refractivity contribution in [2.24, 2.45) is 0 Å². The molecule has 10 nitrogen and oxygen atoms in total. The molecule has 5 atom stereocenters. The van der Waals surface area contributed by atoms with E-state index in [0.29, 0.717) is 5.56 Å². The second kappa shape index (κ2) is 8.91. The second-order valence-electron chi connectivity index (χ2n) is 7.66. The molecule has 0 radical (unpaired) electrons. The highest BCUT2D eigenvalue weighted by Crippen LogP contribution is 2.35. The fourth-order valence-corrected chi connectivity index (χ4v) is 3.69. The molecule has 0 saturated carbocycles. The minimum absolute atomic E-state index is 0.120. The van der Waals surface area contributed by atoms with E-state index in [-0.39, 0.29) is 45.2 Å². The van der Waals surface area contributed by atoms with Crippen LogP contribution in [0.4, 0.5) is 0 Å². The topological polar surface area (TPSA) is 148 Å². The molecular weight excluding hydrogens is 436 g/mol. The first-order valence-corrected chi connectivity index (χ1v) is 10.1. The zero-order valence-electron chi connectivity index (χ0n) is 18.1. The molecule has 2 heterocycles. The van der Waals surface area contributed by atoms with Crippen molar-refractivity contribution in [3.05, 3.63) is 46.6 Å². The Morgan fingerprint density at radius 3 is 2.30 bits per heavy atom. The van der Waals surface area contributed by atoms with Crippen LogP contribution >= 0.6 is 0 Å². The Morgan fingerprint density at radius 1 is 0.909 bits per heavy atom. The predicted molar refractivity (Wildman–Crippen MR) is 116 cm³/mol. The van der Waals surface area contributed by atoms with Gasteiger partial charge in [0.1, 0.15) is 46.5 Å². The van der Waals surface area contributed by atoms with E-state index in [1.165, 1.54) is 51.5 Å². The van der Waals surface area contributed by atoms with Crippen molar-refractivity contribution in [2.45, 2.75) is 37.6 Å². The fraction of sp³-hybridized carbons (Fsp3) is 0.348. The number of methoxy groups -OCH3 is 2. The van der Waals surface area contributed by atoms with Crippen molar-refractivity contribution in [1.29, 1.82) is 0 Å². The molecular formula is C23H24O10. The standard InChI is InChI=1S/C23H24O10/c1-10-20(26)21(27)22(28)23(31-10)32-12-7-17(30-3)19-14(25)9-16(33-18(19)8-12)11-4-5-15(29-2)13(24)6-11/h4-10,20-24,26-28H,1-3H3. The average molecular weight is 460 g/mol. The molecule has 4 rings (SSSR count). The van der Waals surface area contributed by atoms with Gasteiger partial charge in [0.25, 0.3) is 0 Å². The minimum Gasteiger partial charge on any atom is -0.504 e. The molecule has 0 spiro atoms. The average Bonchev–Trinajstić information content (AvgIpc) is 2.80. The number of ether oxygens (including phenoxy) is 4. The Hall–Kier alpha value is -3.31. The summed E-state index contributed by atoms with van der Waals surface area (Å²) in [5, 5.41) is 40.4. The third-order valence-electron chi connectivity index (χ3n) is 5.51. The summed E-state index contributed by atoms with van der Waals surface area (Å²) in [6.45, 7) is 1.53. The van der Waals surface area contributed by atoms with E-state index in [1.54, 1.807) is 6.07 Å². The van der Waals surface area contributed by atoms with Gasteiger partial charge in [0, 0.05) is 23.8 Å². The van der Waals surface area contributed by atoms with Crippen molar-refractivity contribution < 1.29 is 43.8 Å². The molecule has 5 unspecified atom stereocenters. The van der Waals surface area contributed by atoms with E-state index in [0.717, 1.165) is 0 Å². The zero-order chi connectivity index (χ0) is 23.9. The summed E-state index contributed by atoms with van der Waals surface area (Å²) < 4.78 is 27.4. The van der Waals surface area contributed by atoms with Gasteiger partial charge < -0.3 is 43.8 Å². The summed E-state index contributed by atoms with van der Waals surface area (Å²) in [5.74, 6) is 0.639. The van der Waals surface area contributed by atoms with E-state index < -0.39 is 30.7 Å². The first kappa shape index (κ1) is 22.9. The first-order chi connectivity index (χ1) is 15.7. The maximum Gasteiger partial charge on any atom is 0.229 e. The van der Waals surface area contributed by atoms with Crippen LogP contribution in [0.2, 0.25) is 0 Å². The van der Waals surface area contributed by atoms with E-state index in [1.807, 2.05) is 0 Å². The number of aliphatic hydroxyl groups excluding tert-OH is 3. The SMILES string of the molecule is COc1ccc(-c2cc(=O)c3c(OC)cc(OC4OC(C)C(O)C(O)C4O)cc3o2)cc1O. The van der Waals surface area contributed by atoms with Crippen LogP contribution in [-0.2, 0) is 4.74 Å². The summed E-state index contributed by atoms with van der Waals surface area (Å²) in [4.78, 5) is 12.8. The van der Waals surface area contributed by atoms with Crippen LogP contribution in [0.25, 0.3) is 22.3 Å². The molecule has 1 aromatic heterocycles. The van der Waals surface area contributed by atoms with Crippen molar-refractivity contribution in [3.63, 3.8) is 0 Å². The van der Waals surface area contributed by atoms with Crippen molar-refractivity contribution in [2.75, 3.05) is 14.2 Å². The maximum atomic E-state index is 12.8. The quantitative estimate of drug-likeness (QED) is 0.440. The lowest BCUT2D eigenvalue weighted by molar-refractivity contribution is -0.268. The van der Waals surface area contributed by atoms with Gasteiger partial charge in [0.15, 0.2) is 16.9 Å². The van der Waals surface area contributed by atoms with Gasteiger partial charge >= 0.3 is 0 Å². The lowest BCUT2D eigenvalue weighted by Gasteiger charge is -2.38. The van der Waals surface area contributed by atoms with Crippen molar-refractivity contribution in [1.82, 2.24) is 0 Å². The molecule has 0 aliphatic carbocycles. The Morgan fingerprint density at radius 2 is 1.64 bits per heavy atom. The van der Waals surface area contributed by atoms with Gasteiger partial charge in [-0.15, -0.1) is 0 Å². The van der Waals surface area contributed by atoms with E-state index in [9.17, 15) is 25.2 Å². The van der Waals surface area contributed by atoms with Gasteiger partial charge in [0.05, 0.1) is 20.3 Å². The molecule has 33 heavy (non-hydrogen) atoms. The second-order valence-corrected chi connectivity index (χ2v) is 7.66. The van der Waals surface area contributed by atoms with E-state index in [2.05, 4.69) is 0 Å². The molecule has 176 valence electrons. The highest BCUT2D eigenvalue weighted by Gasteiger charge is 2.43. The molecule has 1 aliphatic heterocycles. The van der Waals surface area contributed by atoms with Crippen LogP contribution in [0.5, 0.6) is 23.0 Å². The van der Waals surface area contributed by atoms with E-state index in [4.69, 9.17) is 23.4 Å². The van der Waals surface area contributed by atoms with Gasteiger partial charge in [-0.1, -0.05) is 0 Å². The summed E-state index contributed by atoms with van der Waals surface area (Å²) in [5.41, 5.74) is 0.182. The summed E-state index contributed by atoms with van der Waals surface area (Å²) in [6, 6.07) is 8.69. The monoisotopic (exact) mass is 460 g/mol. The Bertz CT molecular complexity index is 1220. The third-order valence-corrected chi connectivity index (χ3v) is 5.51. The lowest BCUT2D eigenvalue weighted by Crippen LogP contribution is -2.58. The van der Waals surface area contributed by atoms with Gasteiger partial charge in [-0.3, -0.25) is 4.79 Å². The number of hydrogen-bond acceptors (Lipinski definition) is 10. The Balaban J connectivity index is 1.75. The Kier molecular flexibility index (Phi) is 6.17. The van der Waals surface area contributed by atoms with Gasteiger partial charge in [0.2, 0.25) is 6.29 Å². The van der Waals surface area contributed by atoms with Crippen LogP contribution in [-0.4, -0.2) is 65.4 Å². The number of phenolic OH excluding ortho intramolecular Hbond substituents is 1. The Labute approximate surface area is 188 Å². The third kappa shape index (κ3) is 4.21. The van der Waals surface area contributed by atoms with Gasteiger partial charge in [-0.2, -0.15) is 0 Å². The van der Waals surface area contributed by atoms with Gasteiger partial charge in [-0.05, 0) is 25.1 Å². The van der Waals surface area contributed by atoms with E-state index >= 15 is 0 Å². The highest BCUT2D eigenvalue weighted by atomic mass is 16.7. The number of fused-ring (bicyclic) bond motifs is 1. The number of benzene rings is 2. The fourth-order valence-electron chi connectivity index (χ4n) is 3.69. The molecule has 3 aromatic rings.